The Hall–Kier alpha value is -1.13. The SMILES string of the molecule is CN1CCC(CN(C)c2ccc(CN)cn2)C1. The van der Waals surface area contributed by atoms with Gasteiger partial charge in [0.15, 0.2) is 0 Å². The molecule has 0 aliphatic carbocycles. The number of nitrogens with zero attached hydrogens (tertiary/aromatic N) is 3. The molecule has 94 valence electrons. The van der Waals surface area contributed by atoms with Crippen LogP contribution in [0.25, 0.3) is 0 Å². The van der Waals surface area contributed by atoms with Crippen LogP contribution in [0.1, 0.15) is 12.0 Å². The second kappa shape index (κ2) is 5.47. The summed E-state index contributed by atoms with van der Waals surface area (Å²) in [6, 6.07) is 4.11. The maximum Gasteiger partial charge on any atom is 0.128 e. The number of likely N-dealkylation sites (tertiary alicyclic amines) is 1. The molecule has 0 bridgehead atoms. The molecule has 1 aromatic heterocycles. The maximum atomic E-state index is 5.56. The van der Waals surface area contributed by atoms with Crippen molar-refractivity contribution in [1.82, 2.24) is 9.88 Å². The summed E-state index contributed by atoms with van der Waals surface area (Å²) in [6.07, 6.45) is 3.16. The fraction of sp³-hybridized carbons (Fsp3) is 0.615. The minimum absolute atomic E-state index is 0.560. The molecule has 0 saturated carbocycles. The van der Waals surface area contributed by atoms with Crippen LogP contribution in [0.3, 0.4) is 0 Å². The molecule has 4 heteroatoms. The zero-order valence-corrected chi connectivity index (χ0v) is 10.8. The van der Waals surface area contributed by atoms with Crippen molar-refractivity contribution in [3.8, 4) is 0 Å². The van der Waals surface area contributed by atoms with E-state index in [2.05, 4.69) is 41.0 Å². The number of rotatable bonds is 4. The topological polar surface area (TPSA) is 45.4 Å². The molecule has 0 amide bonds. The molecule has 1 saturated heterocycles. The molecule has 1 fully saturated rings. The summed E-state index contributed by atoms with van der Waals surface area (Å²) in [5.41, 5.74) is 6.65. The molecule has 4 nitrogen and oxygen atoms in total. The number of hydrogen-bond donors (Lipinski definition) is 1. The molecular formula is C13H22N4. The zero-order valence-electron chi connectivity index (χ0n) is 10.8. The van der Waals surface area contributed by atoms with Crippen LogP contribution in [0, 0.1) is 5.92 Å². The van der Waals surface area contributed by atoms with Gasteiger partial charge in [-0.05, 0) is 37.6 Å². The van der Waals surface area contributed by atoms with E-state index < -0.39 is 0 Å². The van der Waals surface area contributed by atoms with Crippen LogP contribution in [0.4, 0.5) is 5.82 Å². The first-order valence-electron chi connectivity index (χ1n) is 6.23. The Labute approximate surface area is 103 Å². The van der Waals surface area contributed by atoms with Gasteiger partial charge in [-0.1, -0.05) is 6.07 Å². The highest BCUT2D eigenvalue weighted by Crippen LogP contribution is 2.18. The zero-order chi connectivity index (χ0) is 12.3. The Kier molecular flexibility index (Phi) is 3.97. The molecule has 1 aliphatic rings. The molecule has 1 aliphatic heterocycles. The summed E-state index contributed by atoms with van der Waals surface area (Å²) < 4.78 is 0. The summed E-state index contributed by atoms with van der Waals surface area (Å²) in [7, 11) is 4.30. The second-order valence-electron chi connectivity index (χ2n) is 5.03. The molecule has 0 radical (unpaired) electrons. The summed E-state index contributed by atoms with van der Waals surface area (Å²) in [6.45, 7) is 4.06. The molecule has 0 aromatic carbocycles. The smallest absolute Gasteiger partial charge is 0.128 e. The standard InChI is InChI=1S/C13H22N4/c1-16-6-5-12(9-16)10-17(2)13-4-3-11(7-14)8-15-13/h3-4,8,12H,5-7,9-10,14H2,1-2H3. The predicted molar refractivity (Wildman–Crippen MR) is 71.0 cm³/mol. The molecule has 2 heterocycles. The third-order valence-corrected chi connectivity index (χ3v) is 3.46. The summed E-state index contributed by atoms with van der Waals surface area (Å²) in [5.74, 6) is 1.80. The fourth-order valence-electron chi connectivity index (χ4n) is 2.42. The minimum Gasteiger partial charge on any atom is -0.359 e. The molecule has 17 heavy (non-hydrogen) atoms. The maximum absolute atomic E-state index is 5.56. The van der Waals surface area contributed by atoms with Gasteiger partial charge >= 0.3 is 0 Å². The van der Waals surface area contributed by atoms with E-state index in [1.807, 2.05) is 6.20 Å². The third-order valence-electron chi connectivity index (χ3n) is 3.46. The quantitative estimate of drug-likeness (QED) is 0.842. The highest BCUT2D eigenvalue weighted by molar-refractivity contribution is 5.38. The summed E-state index contributed by atoms with van der Waals surface area (Å²) in [5, 5.41) is 0. The predicted octanol–water partition coefficient (Wildman–Crippen LogP) is 0.928. The highest BCUT2D eigenvalue weighted by atomic mass is 15.2. The number of nitrogens with two attached hydrogens (primary N) is 1. The fourth-order valence-corrected chi connectivity index (χ4v) is 2.42. The lowest BCUT2D eigenvalue weighted by atomic mass is 10.1. The highest BCUT2D eigenvalue weighted by Gasteiger charge is 2.21. The normalized spacial score (nSPS) is 20.8. The minimum atomic E-state index is 0.560. The van der Waals surface area contributed by atoms with E-state index >= 15 is 0 Å². The average Bonchev–Trinajstić information content (AvgIpc) is 2.75. The van der Waals surface area contributed by atoms with Gasteiger partial charge in [-0.15, -0.1) is 0 Å². The van der Waals surface area contributed by atoms with Gasteiger partial charge in [0.25, 0.3) is 0 Å². The first kappa shape index (κ1) is 12.3. The number of hydrogen-bond acceptors (Lipinski definition) is 4. The largest absolute Gasteiger partial charge is 0.359 e. The van der Waals surface area contributed by atoms with Crippen molar-refractivity contribution in [2.45, 2.75) is 13.0 Å². The van der Waals surface area contributed by atoms with E-state index in [1.54, 1.807) is 0 Å². The van der Waals surface area contributed by atoms with Crippen molar-refractivity contribution < 1.29 is 0 Å². The average molecular weight is 234 g/mol. The lowest BCUT2D eigenvalue weighted by Crippen LogP contribution is -2.27. The van der Waals surface area contributed by atoms with E-state index in [1.165, 1.54) is 19.5 Å². The Balaban J connectivity index is 1.92. The van der Waals surface area contributed by atoms with Gasteiger partial charge in [0, 0.05) is 32.9 Å². The third kappa shape index (κ3) is 3.17. The molecule has 1 unspecified atom stereocenters. The van der Waals surface area contributed by atoms with Gasteiger partial charge in [0.1, 0.15) is 5.82 Å². The Morgan fingerprint density at radius 3 is 2.88 bits per heavy atom. The first-order valence-corrected chi connectivity index (χ1v) is 6.23. The van der Waals surface area contributed by atoms with Crippen LogP contribution in [-0.2, 0) is 6.54 Å². The van der Waals surface area contributed by atoms with Crippen molar-refractivity contribution in [3.05, 3.63) is 23.9 Å². The van der Waals surface area contributed by atoms with Crippen molar-refractivity contribution in [2.24, 2.45) is 11.7 Å². The molecule has 0 spiro atoms. The van der Waals surface area contributed by atoms with Crippen molar-refractivity contribution in [2.75, 3.05) is 38.6 Å². The van der Waals surface area contributed by atoms with Gasteiger partial charge in [0.2, 0.25) is 0 Å². The van der Waals surface area contributed by atoms with E-state index in [0.717, 1.165) is 23.8 Å². The van der Waals surface area contributed by atoms with Gasteiger partial charge in [-0.2, -0.15) is 0 Å². The van der Waals surface area contributed by atoms with Gasteiger partial charge in [-0.3, -0.25) is 0 Å². The van der Waals surface area contributed by atoms with Gasteiger partial charge in [-0.25, -0.2) is 4.98 Å². The van der Waals surface area contributed by atoms with Crippen LogP contribution >= 0.6 is 0 Å². The van der Waals surface area contributed by atoms with Gasteiger partial charge in [0.05, 0.1) is 0 Å². The summed E-state index contributed by atoms with van der Waals surface area (Å²) >= 11 is 0. The lowest BCUT2D eigenvalue weighted by Gasteiger charge is -2.22. The van der Waals surface area contributed by atoms with Crippen molar-refractivity contribution in [3.63, 3.8) is 0 Å². The number of anilines is 1. The molecule has 1 aromatic rings. The van der Waals surface area contributed by atoms with E-state index in [0.29, 0.717) is 6.54 Å². The number of pyridine rings is 1. The molecular weight excluding hydrogens is 212 g/mol. The van der Waals surface area contributed by atoms with Crippen LogP contribution < -0.4 is 10.6 Å². The van der Waals surface area contributed by atoms with Crippen molar-refractivity contribution in [1.29, 1.82) is 0 Å². The van der Waals surface area contributed by atoms with Crippen LogP contribution in [0.5, 0.6) is 0 Å². The van der Waals surface area contributed by atoms with Crippen molar-refractivity contribution >= 4 is 5.82 Å². The lowest BCUT2D eigenvalue weighted by molar-refractivity contribution is 0.395. The monoisotopic (exact) mass is 234 g/mol. The Bertz CT molecular complexity index is 349. The Morgan fingerprint density at radius 1 is 1.53 bits per heavy atom. The van der Waals surface area contributed by atoms with E-state index in [-0.39, 0.29) is 0 Å². The molecule has 2 N–H and O–H groups in total. The Morgan fingerprint density at radius 2 is 2.35 bits per heavy atom. The summed E-state index contributed by atoms with van der Waals surface area (Å²) in [4.78, 5) is 9.08. The van der Waals surface area contributed by atoms with E-state index in [4.69, 9.17) is 5.73 Å². The van der Waals surface area contributed by atoms with Crippen LogP contribution in [0.15, 0.2) is 18.3 Å². The first-order chi connectivity index (χ1) is 8.19. The van der Waals surface area contributed by atoms with E-state index in [9.17, 15) is 0 Å². The van der Waals surface area contributed by atoms with Crippen LogP contribution in [0.2, 0.25) is 0 Å². The number of aromatic nitrogens is 1. The van der Waals surface area contributed by atoms with Crippen LogP contribution in [-0.4, -0.2) is 43.6 Å². The van der Waals surface area contributed by atoms with Gasteiger partial charge < -0.3 is 15.5 Å². The molecule has 2 rings (SSSR count). The second-order valence-corrected chi connectivity index (χ2v) is 5.03. The molecule has 1 atom stereocenters.